The number of anilines is 1. The van der Waals surface area contributed by atoms with Crippen molar-refractivity contribution in [2.24, 2.45) is 10.7 Å². The van der Waals surface area contributed by atoms with Crippen molar-refractivity contribution in [3.8, 4) is 5.75 Å². The van der Waals surface area contributed by atoms with Crippen LogP contribution in [0.15, 0.2) is 45.9 Å². The molecule has 0 fully saturated rings. The number of aromatic nitrogens is 2. The van der Waals surface area contributed by atoms with Gasteiger partial charge in [-0.05, 0) is 18.2 Å². The molecule has 0 radical (unpaired) electrons. The Balaban J connectivity index is 2.01. The fourth-order valence-electron chi connectivity index (χ4n) is 2.87. The van der Waals surface area contributed by atoms with E-state index in [1.165, 1.54) is 6.07 Å². The van der Waals surface area contributed by atoms with Crippen LogP contribution < -0.4 is 11.1 Å². The number of nitro groups is 1. The minimum atomic E-state index is -0.792. The van der Waals surface area contributed by atoms with Crippen LogP contribution in [0.25, 0.3) is 11.0 Å². The Morgan fingerprint density at radius 1 is 1.36 bits per heavy atom. The summed E-state index contributed by atoms with van der Waals surface area (Å²) in [6.45, 7) is 0. The predicted molar refractivity (Wildman–Crippen MR) is 95.6 cm³/mol. The topological polar surface area (TPSA) is 132 Å². The van der Waals surface area contributed by atoms with Gasteiger partial charge >= 0.3 is 5.69 Å². The zero-order valence-corrected chi connectivity index (χ0v) is 14.1. The molecule has 0 unspecified atom stereocenters. The number of imidazole rings is 1. The number of para-hydroxylation sites is 2. The van der Waals surface area contributed by atoms with Crippen LogP contribution in [0.4, 0.5) is 11.6 Å². The Hall–Kier alpha value is -3.14. The largest absolute Gasteiger partial charge is 0.502 e. The van der Waals surface area contributed by atoms with Gasteiger partial charge in [0.1, 0.15) is 0 Å². The van der Waals surface area contributed by atoms with Gasteiger partial charge in [0.05, 0.1) is 16.0 Å². The monoisotopic (exact) mass is 402 g/mol. The molecule has 2 heterocycles. The van der Waals surface area contributed by atoms with Crippen LogP contribution in [0.5, 0.6) is 5.75 Å². The van der Waals surface area contributed by atoms with Gasteiger partial charge in [-0.25, -0.2) is 9.98 Å². The highest BCUT2D eigenvalue weighted by Gasteiger charge is 2.30. The number of rotatable bonds is 2. The Labute approximate surface area is 149 Å². The third-order valence-corrected chi connectivity index (χ3v) is 4.36. The molecule has 0 spiro atoms. The zero-order chi connectivity index (χ0) is 17.7. The molecule has 1 aliphatic heterocycles. The predicted octanol–water partition coefficient (Wildman–Crippen LogP) is 2.70. The van der Waals surface area contributed by atoms with Gasteiger partial charge in [0.15, 0.2) is 12.1 Å². The van der Waals surface area contributed by atoms with E-state index in [2.05, 4.69) is 31.2 Å². The molecular weight excluding hydrogens is 392 g/mol. The maximum atomic E-state index is 11.2. The van der Waals surface area contributed by atoms with E-state index in [4.69, 9.17) is 5.73 Å². The second kappa shape index (κ2) is 5.45. The van der Waals surface area contributed by atoms with Crippen molar-refractivity contribution < 1.29 is 10.0 Å². The van der Waals surface area contributed by atoms with Crippen molar-refractivity contribution in [3.63, 3.8) is 0 Å². The van der Waals surface area contributed by atoms with Crippen LogP contribution in [0, 0.1) is 10.1 Å². The van der Waals surface area contributed by atoms with Gasteiger partial charge in [-0.15, -0.1) is 0 Å². The van der Waals surface area contributed by atoms with Crippen molar-refractivity contribution in [1.82, 2.24) is 9.55 Å². The molecule has 1 atom stereocenters. The number of nitrogens with two attached hydrogens (primary N) is 1. The molecule has 1 aromatic heterocycles. The number of hydrogen-bond acceptors (Lipinski definition) is 7. The third kappa shape index (κ3) is 2.38. The quantitative estimate of drug-likeness (QED) is 0.445. The minimum Gasteiger partial charge on any atom is -0.502 e. The van der Waals surface area contributed by atoms with E-state index in [1.54, 1.807) is 10.6 Å². The molecule has 0 saturated carbocycles. The van der Waals surface area contributed by atoms with E-state index in [9.17, 15) is 15.2 Å². The van der Waals surface area contributed by atoms with Crippen molar-refractivity contribution in [3.05, 3.63) is 56.5 Å². The second-order valence-electron chi connectivity index (χ2n) is 5.43. The van der Waals surface area contributed by atoms with Crippen LogP contribution in [0.3, 0.4) is 0 Å². The maximum Gasteiger partial charge on any atom is 0.312 e. The molecule has 4 N–H and O–H groups in total. The second-order valence-corrected chi connectivity index (χ2v) is 6.34. The highest BCUT2D eigenvalue weighted by Crippen LogP contribution is 2.41. The number of phenolic OH excluding ortho intramolecular Hbond substituents is 1. The Morgan fingerprint density at radius 2 is 2.12 bits per heavy atom. The highest BCUT2D eigenvalue weighted by molar-refractivity contribution is 9.10. The average molecular weight is 403 g/mol. The van der Waals surface area contributed by atoms with E-state index < -0.39 is 22.5 Å². The number of phenols is 1. The summed E-state index contributed by atoms with van der Waals surface area (Å²) in [5, 5.41) is 24.5. The van der Waals surface area contributed by atoms with Crippen LogP contribution in [0.1, 0.15) is 11.7 Å². The lowest BCUT2D eigenvalue weighted by molar-refractivity contribution is -0.386. The summed E-state index contributed by atoms with van der Waals surface area (Å²) in [6, 6.07) is 10.2. The number of benzene rings is 2. The summed E-state index contributed by atoms with van der Waals surface area (Å²) in [7, 11) is 0. The normalized spacial score (nSPS) is 16.2. The summed E-state index contributed by atoms with van der Waals surface area (Å²) < 4.78 is 2.18. The molecule has 1 aliphatic rings. The molecule has 0 saturated heterocycles. The zero-order valence-electron chi connectivity index (χ0n) is 12.5. The Kier molecular flexibility index (Phi) is 3.35. The molecule has 9 nitrogen and oxygen atoms in total. The summed E-state index contributed by atoms with van der Waals surface area (Å²) in [4.78, 5) is 19.3. The van der Waals surface area contributed by atoms with Gasteiger partial charge in [0.2, 0.25) is 11.7 Å². The Morgan fingerprint density at radius 3 is 2.88 bits per heavy atom. The molecule has 0 aliphatic carbocycles. The van der Waals surface area contributed by atoms with Crippen molar-refractivity contribution in [2.75, 3.05) is 5.32 Å². The number of aromatic hydroxyl groups is 1. The van der Waals surface area contributed by atoms with Crippen LogP contribution in [-0.2, 0) is 0 Å². The number of guanidine groups is 1. The van der Waals surface area contributed by atoms with Crippen molar-refractivity contribution >= 4 is 44.6 Å². The fourth-order valence-corrected chi connectivity index (χ4v) is 3.33. The van der Waals surface area contributed by atoms with Gasteiger partial charge in [-0.2, -0.15) is 0 Å². The van der Waals surface area contributed by atoms with E-state index >= 15 is 0 Å². The summed E-state index contributed by atoms with van der Waals surface area (Å²) in [5.74, 6) is 0.0935. The lowest BCUT2D eigenvalue weighted by atomic mass is 10.1. The molecule has 126 valence electrons. The van der Waals surface area contributed by atoms with Crippen LogP contribution in [-0.4, -0.2) is 25.5 Å². The molecule has 0 bridgehead atoms. The summed E-state index contributed by atoms with van der Waals surface area (Å²) >= 11 is 3.24. The molecule has 4 rings (SSSR count). The smallest absolute Gasteiger partial charge is 0.312 e. The average Bonchev–Trinajstić information content (AvgIpc) is 2.93. The Bertz CT molecular complexity index is 1060. The third-order valence-electron chi connectivity index (χ3n) is 3.90. The number of halogens is 1. The SMILES string of the molecule is NC1=N[C@@H](c2cc(Br)cc([N+](=O)[O-])c2O)n2c(nc3ccccc32)N1. The molecule has 2 aromatic carbocycles. The first kappa shape index (κ1) is 15.4. The van der Waals surface area contributed by atoms with Gasteiger partial charge in [0.25, 0.3) is 0 Å². The van der Waals surface area contributed by atoms with Crippen molar-refractivity contribution in [1.29, 1.82) is 0 Å². The van der Waals surface area contributed by atoms with Gasteiger partial charge in [-0.1, -0.05) is 28.1 Å². The number of hydrogen-bond donors (Lipinski definition) is 3. The number of fused-ring (bicyclic) bond motifs is 3. The van der Waals surface area contributed by atoms with Gasteiger partial charge < -0.3 is 10.8 Å². The lowest BCUT2D eigenvalue weighted by Crippen LogP contribution is -2.31. The molecular formula is C15H11BrN6O3. The molecule has 25 heavy (non-hydrogen) atoms. The van der Waals surface area contributed by atoms with E-state index in [0.29, 0.717) is 15.9 Å². The highest BCUT2D eigenvalue weighted by atomic mass is 79.9. The maximum absolute atomic E-state index is 11.2. The lowest BCUT2D eigenvalue weighted by Gasteiger charge is -2.24. The van der Waals surface area contributed by atoms with E-state index in [1.807, 2.05) is 24.3 Å². The summed E-state index contributed by atoms with van der Waals surface area (Å²) in [5.41, 5.74) is 7.14. The summed E-state index contributed by atoms with van der Waals surface area (Å²) in [6.07, 6.45) is -0.792. The number of nitrogens with zero attached hydrogens (tertiary/aromatic N) is 4. The first-order valence-electron chi connectivity index (χ1n) is 7.20. The fraction of sp³-hybridized carbons (Fsp3) is 0.0667. The molecule has 10 heteroatoms. The standard InChI is InChI=1S/C15H11BrN6O3/c16-7-5-8(12(23)11(6-7)22(24)25)13-19-14(17)20-15-18-9-3-1-2-4-10(9)21(13)15/h1-6,13,23H,(H3,17,18,19,20)/t13-/m1/s1. The molecule has 3 aromatic rings. The van der Waals surface area contributed by atoms with E-state index in [-0.39, 0.29) is 11.5 Å². The number of aliphatic imine (C=N–C) groups is 1. The van der Waals surface area contributed by atoms with E-state index in [0.717, 1.165) is 5.52 Å². The van der Waals surface area contributed by atoms with Crippen LogP contribution in [0.2, 0.25) is 0 Å². The number of nitrogens with one attached hydrogen (secondary N) is 1. The van der Waals surface area contributed by atoms with Gasteiger partial charge in [0, 0.05) is 16.1 Å². The first-order chi connectivity index (χ1) is 12.0. The van der Waals surface area contributed by atoms with Crippen LogP contribution >= 0.6 is 15.9 Å². The minimum absolute atomic E-state index is 0.106. The first-order valence-corrected chi connectivity index (χ1v) is 7.99. The number of nitro benzene ring substituents is 1. The van der Waals surface area contributed by atoms with Crippen molar-refractivity contribution in [2.45, 2.75) is 6.17 Å². The molecule has 0 amide bonds. The van der Waals surface area contributed by atoms with Gasteiger partial charge in [-0.3, -0.25) is 20.0 Å².